The molecule has 6 nitrogen and oxygen atoms in total. The van der Waals surface area contributed by atoms with E-state index >= 15 is 0 Å². The van der Waals surface area contributed by atoms with E-state index in [2.05, 4.69) is 11.4 Å². The number of carbonyl (C=O) groups is 2. The van der Waals surface area contributed by atoms with Gasteiger partial charge in [-0.3, -0.25) is 0 Å². The van der Waals surface area contributed by atoms with Crippen LogP contribution in [0, 0.1) is 23.2 Å². The topological polar surface area (TPSA) is 93.4 Å². The normalized spacial score (nSPS) is 18.6. The van der Waals surface area contributed by atoms with E-state index in [1.54, 1.807) is 14.0 Å². The number of nitrogens with zero attached hydrogens (tertiary/aromatic N) is 2. The van der Waals surface area contributed by atoms with Crippen molar-refractivity contribution in [3.8, 4) is 6.07 Å². The van der Waals surface area contributed by atoms with Crippen LogP contribution in [-0.4, -0.2) is 41.6 Å². The predicted octanol–water partition coefficient (Wildman–Crippen LogP) is 1.82. The molecule has 0 aliphatic heterocycles. The Morgan fingerprint density at radius 2 is 2.00 bits per heavy atom. The summed E-state index contributed by atoms with van der Waals surface area (Å²) in [5.74, 6) is -1.25. The lowest BCUT2D eigenvalue weighted by Crippen LogP contribution is -2.51. The van der Waals surface area contributed by atoms with Gasteiger partial charge in [-0.2, -0.15) is 5.26 Å². The molecule has 20 heavy (non-hydrogen) atoms. The number of nitriles is 1. The van der Waals surface area contributed by atoms with Crippen molar-refractivity contribution in [2.45, 2.75) is 45.1 Å². The first kappa shape index (κ1) is 16.3. The van der Waals surface area contributed by atoms with Crippen LogP contribution in [0.1, 0.15) is 39.0 Å². The highest BCUT2D eigenvalue weighted by Gasteiger charge is 2.31. The molecular weight excluding hydrogens is 258 g/mol. The summed E-state index contributed by atoms with van der Waals surface area (Å²) < 4.78 is 0. The smallest absolute Gasteiger partial charge is 0.326 e. The molecule has 2 N–H and O–H groups in total. The summed E-state index contributed by atoms with van der Waals surface area (Å²) in [5, 5.41) is 20.6. The molecule has 2 unspecified atom stereocenters. The van der Waals surface area contributed by atoms with Crippen molar-refractivity contribution in [2.24, 2.45) is 11.8 Å². The van der Waals surface area contributed by atoms with Crippen molar-refractivity contribution < 1.29 is 14.7 Å². The van der Waals surface area contributed by atoms with Crippen molar-refractivity contribution in [3.63, 3.8) is 0 Å². The monoisotopic (exact) mass is 281 g/mol. The number of urea groups is 1. The maximum absolute atomic E-state index is 12.0. The summed E-state index contributed by atoms with van der Waals surface area (Å²) >= 11 is 0. The van der Waals surface area contributed by atoms with Crippen LogP contribution in [0.25, 0.3) is 0 Å². The molecule has 0 aromatic carbocycles. The van der Waals surface area contributed by atoms with Gasteiger partial charge in [0.25, 0.3) is 0 Å². The lowest BCUT2D eigenvalue weighted by Gasteiger charge is -2.29. The Hall–Kier alpha value is -1.77. The summed E-state index contributed by atoms with van der Waals surface area (Å²) in [6.45, 7) is 2.01. The van der Waals surface area contributed by atoms with Crippen LogP contribution in [-0.2, 0) is 4.79 Å². The van der Waals surface area contributed by atoms with Gasteiger partial charge in [0.05, 0.1) is 12.0 Å². The average molecular weight is 281 g/mol. The molecule has 1 aliphatic rings. The molecule has 112 valence electrons. The number of rotatable bonds is 5. The minimum absolute atomic E-state index is 0.00647. The molecule has 1 fully saturated rings. The van der Waals surface area contributed by atoms with Crippen molar-refractivity contribution in [2.75, 3.05) is 13.6 Å². The molecule has 1 aliphatic carbocycles. The summed E-state index contributed by atoms with van der Waals surface area (Å²) in [4.78, 5) is 24.7. The highest BCUT2D eigenvalue weighted by Crippen LogP contribution is 2.26. The van der Waals surface area contributed by atoms with Crippen LogP contribution in [0.15, 0.2) is 0 Å². The number of carboxylic acids is 1. The van der Waals surface area contributed by atoms with Gasteiger partial charge in [0.1, 0.15) is 6.04 Å². The quantitative estimate of drug-likeness (QED) is 0.803. The van der Waals surface area contributed by atoms with Crippen molar-refractivity contribution in [1.29, 1.82) is 5.26 Å². The molecule has 0 heterocycles. The molecule has 2 atom stereocenters. The van der Waals surface area contributed by atoms with E-state index in [4.69, 9.17) is 5.26 Å². The summed E-state index contributed by atoms with van der Waals surface area (Å²) in [7, 11) is 1.57. The molecule has 0 radical (unpaired) electrons. The van der Waals surface area contributed by atoms with Gasteiger partial charge in [0.2, 0.25) is 0 Å². The van der Waals surface area contributed by atoms with Crippen LogP contribution >= 0.6 is 0 Å². The zero-order valence-corrected chi connectivity index (χ0v) is 12.1. The Morgan fingerprint density at radius 1 is 1.40 bits per heavy atom. The maximum atomic E-state index is 12.0. The SMILES string of the molecule is CC(C#N)CN(C)C(=O)NC(C(=O)O)C1CCCCC1. The number of hydrogen-bond donors (Lipinski definition) is 2. The van der Waals surface area contributed by atoms with Crippen LogP contribution in [0.2, 0.25) is 0 Å². The average Bonchev–Trinajstić information content (AvgIpc) is 2.44. The fourth-order valence-corrected chi connectivity index (χ4v) is 2.63. The molecular formula is C14H23N3O3. The first-order chi connectivity index (χ1) is 9.45. The highest BCUT2D eigenvalue weighted by atomic mass is 16.4. The highest BCUT2D eigenvalue weighted by molar-refractivity contribution is 5.82. The van der Waals surface area contributed by atoms with E-state index in [9.17, 15) is 14.7 Å². The van der Waals surface area contributed by atoms with Crippen molar-refractivity contribution in [3.05, 3.63) is 0 Å². The second kappa shape index (κ2) is 7.73. The lowest BCUT2D eigenvalue weighted by atomic mass is 9.84. The Labute approximate surface area is 119 Å². The van der Waals surface area contributed by atoms with Crippen LogP contribution < -0.4 is 5.32 Å². The molecule has 0 bridgehead atoms. The number of carboxylic acid groups (broad SMARTS) is 1. The summed E-state index contributed by atoms with van der Waals surface area (Å²) in [6.07, 6.45) is 4.86. The van der Waals surface area contributed by atoms with Gasteiger partial charge < -0.3 is 15.3 Å². The third-order valence-electron chi connectivity index (χ3n) is 3.78. The van der Waals surface area contributed by atoms with E-state index in [1.807, 2.05) is 0 Å². The van der Waals surface area contributed by atoms with Crippen LogP contribution in [0.4, 0.5) is 4.79 Å². The van der Waals surface area contributed by atoms with Gasteiger partial charge in [0, 0.05) is 13.6 Å². The minimum Gasteiger partial charge on any atom is -0.480 e. The van der Waals surface area contributed by atoms with E-state index in [0.29, 0.717) is 6.54 Å². The predicted molar refractivity (Wildman–Crippen MR) is 73.9 cm³/mol. The van der Waals surface area contributed by atoms with Gasteiger partial charge in [-0.25, -0.2) is 9.59 Å². The van der Waals surface area contributed by atoms with Crippen LogP contribution in [0.3, 0.4) is 0 Å². The summed E-state index contributed by atoms with van der Waals surface area (Å²) in [6, 6.07) is 0.795. The number of hydrogen-bond acceptors (Lipinski definition) is 3. The van der Waals surface area contributed by atoms with Gasteiger partial charge >= 0.3 is 12.0 Å². The molecule has 1 saturated carbocycles. The number of aliphatic carboxylic acids is 1. The van der Waals surface area contributed by atoms with Crippen molar-refractivity contribution in [1.82, 2.24) is 10.2 Å². The first-order valence-corrected chi connectivity index (χ1v) is 7.09. The lowest BCUT2D eigenvalue weighted by molar-refractivity contribution is -0.141. The Bertz CT molecular complexity index is 386. The second-order valence-corrected chi connectivity index (χ2v) is 5.57. The second-order valence-electron chi connectivity index (χ2n) is 5.57. The van der Waals surface area contributed by atoms with Gasteiger partial charge in [0.15, 0.2) is 0 Å². The zero-order valence-electron chi connectivity index (χ0n) is 12.1. The molecule has 0 spiro atoms. The van der Waals surface area contributed by atoms with E-state index in [0.717, 1.165) is 32.1 Å². The van der Waals surface area contributed by atoms with E-state index in [-0.39, 0.29) is 11.8 Å². The first-order valence-electron chi connectivity index (χ1n) is 7.09. The molecule has 0 saturated heterocycles. The standard InChI is InChI=1S/C14H23N3O3/c1-10(8-15)9-17(2)14(20)16-12(13(18)19)11-6-4-3-5-7-11/h10-12H,3-7,9H2,1-2H3,(H,16,20)(H,18,19). The Morgan fingerprint density at radius 3 is 2.50 bits per heavy atom. The third kappa shape index (κ3) is 4.72. The number of carbonyl (C=O) groups excluding carboxylic acids is 1. The molecule has 2 amide bonds. The molecule has 1 rings (SSSR count). The van der Waals surface area contributed by atoms with Gasteiger partial charge in [-0.1, -0.05) is 19.3 Å². The molecule has 0 aromatic heterocycles. The maximum Gasteiger partial charge on any atom is 0.326 e. The number of nitrogens with one attached hydrogen (secondary N) is 1. The third-order valence-corrected chi connectivity index (χ3v) is 3.78. The van der Waals surface area contributed by atoms with Gasteiger partial charge in [-0.15, -0.1) is 0 Å². The Kier molecular flexibility index (Phi) is 6.29. The fraction of sp³-hybridized carbons (Fsp3) is 0.786. The van der Waals surface area contributed by atoms with Crippen LogP contribution in [0.5, 0.6) is 0 Å². The minimum atomic E-state index is -0.980. The molecule has 0 aromatic rings. The molecule has 6 heteroatoms. The largest absolute Gasteiger partial charge is 0.480 e. The Balaban J connectivity index is 2.58. The van der Waals surface area contributed by atoms with E-state index in [1.165, 1.54) is 4.90 Å². The zero-order chi connectivity index (χ0) is 15.1. The van der Waals surface area contributed by atoms with E-state index < -0.39 is 18.0 Å². The number of amides is 2. The van der Waals surface area contributed by atoms with Gasteiger partial charge in [-0.05, 0) is 25.7 Å². The fourth-order valence-electron chi connectivity index (χ4n) is 2.63. The summed E-state index contributed by atoms with van der Waals surface area (Å²) in [5.41, 5.74) is 0. The van der Waals surface area contributed by atoms with Crippen molar-refractivity contribution >= 4 is 12.0 Å².